The first-order valence-corrected chi connectivity index (χ1v) is 7.07. The molecule has 0 aromatic heterocycles. The SMILES string of the molecule is N#C/C(C(=O)Nc1ccc(F)cc1F)=C(\O)c1cccc(Br)c1. The van der Waals surface area contributed by atoms with Crippen molar-refractivity contribution in [2.75, 3.05) is 5.32 Å². The summed E-state index contributed by atoms with van der Waals surface area (Å²) in [5.41, 5.74) is -0.649. The topological polar surface area (TPSA) is 73.1 Å². The summed E-state index contributed by atoms with van der Waals surface area (Å²) in [5.74, 6) is -3.34. The number of aliphatic hydroxyl groups is 1. The Hall–Kier alpha value is -2.72. The van der Waals surface area contributed by atoms with Crippen molar-refractivity contribution < 1.29 is 18.7 Å². The Balaban J connectivity index is 2.35. The fraction of sp³-hybridized carbons (Fsp3) is 0. The van der Waals surface area contributed by atoms with Crippen molar-refractivity contribution in [2.24, 2.45) is 0 Å². The molecule has 1 amide bonds. The summed E-state index contributed by atoms with van der Waals surface area (Å²) < 4.78 is 27.0. The fourth-order valence-corrected chi connectivity index (χ4v) is 2.17. The number of rotatable bonds is 3. The van der Waals surface area contributed by atoms with Crippen LogP contribution in [0.5, 0.6) is 0 Å². The number of carbonyl (C=O) groups is 1. The van der Waals surface area contributed by atoms with Gasteiger partial charge in [-0.15, -0.1) is 0 Å². The van der Waals surface area contributed by atoms with Crippen molar-refractivity contribution in [2.45, 2.75) is 0 Å². The van der Waals surface area contributed by atoms with Crippen molar-refractivity contribution >= 4 is 33.3 Å². The van der Waals surface area contributed by atoms with Gasteiger partial charge in [-0.1, -0.05) is 28.1 Å². The van der Waals surface area contributed by atoms with E-state index in [4.69, 9.17) is 5.26 Å². The minimum absolute atomic E-state index is 0.241. The highest BCUT2D eigenvalue weighted by atomic mass is 79.9. The summed E-state index contributed by atoms with van der Waals surface area (Å²) in [5, 5.41) is 21.3. The van der Waals surface area contributed by atoms with Gasteiger partial charge >= 0.3 is 0 Å². The van der Waals surface area contributed by atoms with Crippen molar-refractivity contribution in [1.82, 2.24) is 0 Å². The highest BCUT2D eigenvalue weighted by molar-refractivity contribution is 9.10. The van der Waals surface area contributed by atoms with Gasteiger partial charge in [-0.2, -0.15) is 5.26 Å². The standard InChI is InChI=1S/C16H9BrF2N2O2/c17-10-3-1-2-9(6-10)15(22)12(8-20)16(23)21-14-5-4-11(18)7-13(14)19/h1-7,22H,(H,21,23)/b15-12+. The summed E-state index contributed by atoms with van der Waals surface area (Å²) in [6.45, 7) is 0. The number of amides is 1. The van der Waals surface area contributed by atoms with Gasteiger partial charge in [0.1, 0.15) is 23.5 Å². The van der Waals surface area contributed by atoms with Crippen LogP contribution in [0.25, 0.3) is 5.76 Å². The van der Waals surface area contributed by atoms with E-state index in [1.54, 1.807) is 18.2 Å². The molecule has 0 aliphatic heterocycles. The molecule has 0 fully saturated rings. The number of hydrogen-bond donors (Lipinski definition) is 2. The molecule has 0 radical (unpaired) electrons. The first kappa shape index (κ1) is 16.6. The molecule has 2 aromatic rings. The van der Waals surface area contributed by atoms with Crippen LogP contribution in [0.4, 0.5) is 14.5 Å². The molecule has 0 saturated carbocycles. The second kappa shape index (κ2) is 7.03. The largest absolute Gasteiger partial charge is 0.506 e. The number of benzene rings is 2. The lowest BCUT2D eigenvalue weighted by molar-refractivity contribution is -0.112. The monoisotopic (exact) mass is 378 g/mol. The molecular weight excluding hydrogens is 370 g/mol. The van der Waals surface area contributed by atoms with E-state index in [0.29, 0.717) is 10.5 Å². The third-order valence-electron chi connectivity index (χ3n) is 2.85. The third-order valence-corrected chi connectivity index (χ3v) is 3.35. The Kier molecular flexibility index (Phi) is 5.09. The van der Waals surface area contributed by atoms with Crippen molar-refractivity contribution in [3.8, 4) is 6.07 Å². The van der Waals surface area contributed by atoms with E-state index >= 15 is 0 Å². The van der Waals surface area contributed by atoms with Crippen LogP contribution in [0.1, 0.15) is 5.56 Å². The molecule has 0 spiro atoms. The molecule has 2 N–H and O–H groups in total. The van der Waals surface area contributed by atoms with Crippen LogP contribution in [0.2, 0.25) is 0 Å². The predicted molar refractivity (Wildman–Crippen MR) is 84.3 cm³/mol. The molecular formula is C16H9BrF2N2O2. The van der Waals surface area contributed by atoms with Crippen LogP contribution in [-0.4, -0.2) is 11.0 Å². The lowest BCUT2D eigenvalue weighted by atomic mass is 10.1. The average molecular weight is 379 g/mol. The molecule has 23 heavy (non-hydrogen) atoms. The van der Waals surface area contributed by atoms with Gasteiger partial charge in [-0.05, 0) is 24.3 Å². The Morgan fingerprint density at radius 2 is 1.96 bits per heavy atom. The highest BCUT2D eigenvalue weighted by Crippen LogP contribution is 2.22. The zero-order valence-electron chi connectivity index (χ0n) is 11.5. The zero-order valence-corrected chi connectivity index (χ0v) is 13.1. The molecule has 116 valence electrons. The second-order valence-electron chi connectivity index (χ2n) is 4.42. The van der Waals surface area contributed by atoms with Gasteiger partial charge < -0.3 is 10.4 Å². The zero-order chi connectivity index (χ0) is 17.0. The van der Waals surface area contributed by atoms with Crippen LogP contribution in [0, 0.1) is 23.0 Å². The van der Waals surface area contributed by atoms with E-state index in [-0.39, 0.29) is 11.3 Å². The van der Waals surface area contributed by atoms with Crippen LogP contribution in [0.15, 0.2) is 52.5 Å². The van der Waals surface area contributed by atoms with E-state index in [9.17, 15) is 18.7 Å². The summed E-state index contributed by atoms with van der Waals surface area (Å²) in [6.07, 6.45) is 0. The number of hydrogen-bond acceptors (Lipinski definition) is 3. The quantitative estimate of drug-likeness (QED) is 0.478. The first-order valence-electron chi connectivity index (χ1n) is 6.28. The van der Waals surface area contributed by atoms with E-state index in [1.807, 2.05) is 0 Å². The lowest BCUT2D eigenvalue weighted by Gasteiger charge is -2.08. The van der Waals surface area contributed by atoms with E-state index in [0.717, 1.165) is 12.1 Å². The van der Waals surface area contributed by atoms with E-state index < -0.39 is 28.9 Å². The van der Waals surface area contributed by atoms with E-state index in [1.165, 1.54) is 12.1 Å². The minimum Gasteiger partial charge on any atom is -0.506 e. The maximum absolute atomic E-state index is 13.5. The molecule has 0 heterocycles. The maximum Gasteiger partial charge on any atom is 0.270 e. The number of carbonyl (C=O) groups excluding carboxylic acids is 1. The molecule has 2 aromatic carbocycles. The molecule has 4 nitrogen and oxygen atoms in total. The molecule has 0 aliphatic carbocycles. The van der Waals surface area contributed by atoms with Crippen LogP contribution in [-0.2, 0) is 4.79 Å². The Morgan fingerprint density at radius 3 is 2.57 bits per heavy atom. The van der Waals surface area contributed by atoms with Crippen LogP contribution >= 0.6 is 15.9 Å². The molecule has 0 unspecified atom stereocenters. The van der Waals surface area contributed by atoms with Gasteiger partial charge in [-0.25, -0.2) is 8.78 Å². The van der Waals surface area contributed by atoms with Gasteiger partial charge in [0.25, 0.3) is 5.91 Å². The number of nitrogens with one attached hydrogen (secondary N) is 1. The predicted octanol–water partition coefficient (Wildman–Crippen LogP) is 4.16. The van der Waals surface area contributed by atoms with Gasteiger partial charge in [0.05, 0.1) is 5.69 Å². The summed E-state index contributed by atoms with van der Waals surface area (Å²) >= 11 is 3.21. The van der Waals surface area contributed by atoms with Gasteiger partial charge in [0.15, 0.2) is 5.57 Å². The third kappa shape index (κ3) is 3.93. The number of anilines is 1. The summed E-state index contributed by atoms with van der Waals surface area (Å²) in [6, 6.07) is 10.5. The van der Waals surface area contributed by atoms with Crippen molar-refractivity contribution in [3.63, 3.8) is 0 Å². The number of halogens is 3. The Morgan fingerprint density at radius 1 is 1.22 bits per heavy atom. The van der Waals surface area contributed by atoms with Gasteiger partial charge in [0.2, 0.25) is 0 Å². The molecule has 2 rings (SSSR count). The minimum atomic E-state index is -1.00. The normalized spacial score (nSPS) is 11.4. The number of aliphatic hydroxyl groups excluding tert-OH is 1. The second-order valence-corrected chi connectivity index (χ2v) is 5.34. The molecule has 0 aliphatic rings. The Labute approximate surface area is 138 Å². The average Bonchev–Trinajstić information content (AvgIpc) is 2.50. The highest BCUT2D eigenvalue weighted by Gasteiger charge is 2.18. The summed E-state index contributed by atoms with van der Waals surface area (Å²) in [7, 11) is 0. The molecule has 0 saturated heterocycles. The smallest absolute Gasteiger partial charge is 0.270 e. The number of nitrogens with zero attached hydrogens (tertiary/aromatic N) is 1. The summed E-state index contributed by atoms with van der Waals surface area (Å²) in [4.78, 5) is 12.1. The number of nitriles is 1. The van der Waals surface area contributed by atoms with Crippen LogP contribution < -0.4 is 5.32 Å². The van der Waals surface area contributed by atoms with Gasteiger partial charge in [0, 0.05) is 16.1 Å². The van der Waals surface area contributed by atoms with Crippen molar-refractivity contribution in [1.29, 1.82) is 5.26 Å². The van der Waals surface area contributed by atoms with Crippen molar-refractivity contribution in [3.05, 3.63) is 69.7 Å². The molecule has 7 heteroatoms. The van der Waals surface area contributed by atoms with E-state index in [2.05, 4.69) is 21.2 Å². The molecule has 0 bridgehead atoms. The maximum atomic E-state index is 13.5. The Bertz CT molecular complexity index is 844. The fourth-order valence-electron chi connectivity index (χ4n) is 1.77. The van der Waals surface area contributed by atoms with Gasteiger partial charge in [-0.3, -0.25) is 4.79 Å². The molecule has 0 atom stereocenters. The lowest BCUT2D eigenvalue weighted by Crippen LogP contribution is -2.16. The first-order chi connectivity index (χ1) is 10.9. The van der Waals surface area contributed by atoms with Crippen LogP contribution in [0.3, 0.4) is 0 Å².